The van der Waals surface area contributed by atoms with Crippen LogP contribution < -0.4 is 24.8 Å². The summed E-state index contributed by atoms with van der Waals surface area (Å²) in [6.45, 7) is 4.63. The van der Waals surface area contributed by atoms with Crippen LogP contribution in [-0.2, 0) is 19.6 Å². The average Bonchev–Trinajstić information content (AvgIpc) is 2.87. The summed E-state index contributed by atoms with van der Waals surface area (Å²) in [6.07, 6.45) is 2.61. The van der Waals surface area contributed by atoms with Gasteiger partial charge in [0.05, 0.1) is 26.5 Å². The van der Waals surface area contributed by atoms with Gasteiger partial charge in [-0.3, -0.25) is 4.98 Å². The summed E-state index contributed by atoms with van der Waals surface area (Å²) >= 11 is 0. The fourth-order valence-corrected chi connectivity index (χ4v) is 3.21. The predicted octanol–water partition coefficient (Wildman–Crippen LogP) is 4.59. The minimum absolute atomic E-state index is 0. The highest BCUT2D eigenvalue weighted by molar-refractivity contribution is 14.0. The standard InChI is InChI=1S/C26H32N4O3.HI/c1-4-27-26(29-16-14-20-10-13-24(31-2)25(17-20)32-3)30-18-21-8-11-23(12-9-21)33-19-22-7-5-6-15-28-22;/h5-13,15,17H,4,14,16,18-19H2,1-3H3,(H2,27,29,30);1H. The third-order valence-electron chi connectivity index (χ3n) is 4.95. The molecule has 0 aliphatic rings. The van der Waals surface area contributed by atoms with Gasteiger partial charge in [-0.2, -0.15) is 0 Å². The van der Waals surface area contributed by atoms with Crippen LogP contribution in [0.25, 0.3) is 0 Å². The molecule has 7 nitrogen and oxygen atoms in total. The van der Waals surface area contributed by atoms with E-state index in [1.54, 1.807) is 20.4 Å². The summed E-state index contributed by atoms with van der Waals surface area (Å²) in [4.78, 5) is 8.97. The van der Waals surface area contributed by atoms with Gasteiger partial charge in [0.25, 0.3) is 0 Å². The minimum atomic E-state index is 0. The van der Waals surface area contributed by atoms with Crippen LogP contribution in [0.3, 0.4) is 0 Å². The highest BCUT2D eigenvalue weighted by Gasteiger charge is 2.05. The highest BCUT2D eigenvalue weighted by Crippen LogP contribution is 2.27. The quantitative estimate of drug-likeness (QED) is 0.198. The second-order valence-electron chi connectivity index (χ2n) is 7.31. The molecule has 1 heterocycles. The van der Waals surface area contributed by atoms with Crippen molar-refractivity contribution in [3.05, 3.63) is 83.7 Å². The average molecular weight is 576 g/mol. The molecule has 0 saturated carbocycles. The second-order valence-corrected chi connectivity index (χ2v) is 7.31. The van der Waals surface area contributed by atoms with Crippen molar-refractivity contribution in [1.82, 2.24) is 15.6 Å². The molecule has 0 fully saturated rings. The molecule has 182 valence electrons. The van der Waals surface area contributed by atoms with E-state index in [1.807, 2.05) is 60.7 Å². The summed E-state index contributed by atoms with van der Waals surface area (Å²) in [6, 6.07) is 19.8. The number of guanidine groups is 1. The Bertz CT molecular complexity index is 1010. The van der Waals surface area contributed by atoms with Crippen LogP contribution >= 0.6 is 24.0 Å². The predicted molar refractivity (Wildman–Crippen MR) is 146 cm³/mol. The Morgan fingerprint density at radius 2 is 1.68 bits per heavy atom. The van der Waals surface area contributed by atoms with Crippen LogP contribution in [0.15, 0.2) is 71.9 Å². The van der Waals surface area contributed by atoms with Crippen molar-refractivity contribution in [2.45, 2.75) is 26.5 Å². The minimum Gasteiger partial charge on any atom is -0.493 e. The SMILES string of the molecule is CCNC(=NCc1ccc(OCc2ccccn2)cc1)NCCc1ccc(OC)c(OC)c1.I. The van der Waals surface area contributed by atoms with Gasteiger partial charge in [-0.1, -0.05) is 24.3 Å². The van der Waals surface area contributed by atoms with Crippen molar-refractivity contribution < 1.29 is 14.2 Å². The second kappa shape index (κ2) is 15.0. The van der Waals surface area contributed by atoms with E-state index >= 15 is 0 Å². The zero-order chi connectivity index (χ0) is 23.3. The van der Waals surface area contributed by atoms with Gasteiger partial charge in [0.1, 0.15) is 12.4 Å². The van der Waals surface area contributed by atoms with Crippen LogP contribution in [0, 0.1) is 0 Å². The molecule has 0 radical (unpaired) electrons. The number of nitrogens with one attached hydrogen (secondary N) is 2. The molecule has 2 N–H and O–H groups in total. The van der Waals surface area contributed by atoms with E-state index in [0.29, 0.717) is 13.2 Å². The molecule has 0 saturated heterocycles. The number of aliphatic imine (C=N–C) groups is 1. The van der Waals surface area contributed by atoms with E-state index in [0.717, 1.165) is 59.5 Å². The van der Waals surface area contributed by atoms with E-state index in [4.69, 9.17) is 19.2 Å². The normalized spacial score (nSPS) is 10.7. The van der Waals surface area contributed by atoms with Gasteiger partial charge in [0.2, 0.25) is 0 Å². The molecule has 34 heavy (non-hydrogen) atoms. The Morgan fingerprint density at radius 1 is 0.912 bits per heavy atom. The maximum absolute atomic E-state index is 5.80. The maximum atomic E-state index is 5.80. The molecule has 0 amide bonds. The van der Waals surface area contributed by atoms with E-state index < -0.39 is 0 Å². The molecule has 2 aromatic carbocycles. The number of ether oxygens (including phenoxy) is 3. The first-order valence-corrected chi connectivity index (χ1v) is 11.1. The van der Waals surface area contributed by atoms with E-state index in [1.165, 1.54) is 0 Å². The fourth-order valence-electron chi connectivity index (χ4n) is 3.21. The first kappa shape index (κ1) is 27.2. The summed E-state index contributed by atoms with van der Waals surface area (Å²) in [5, 5.41) is 6.68. The number of benzene rings is 2. The summed E-state index contributed by atoms with van der Waals surface area (Å²) in [7, 11) is 3.29. The number of hydrogen-bond acceptors (Lipinski definition) is 5. The number of hydrogen-bond donors (Lipinski definition) is 2. The van der Waals surface area contributed by atoms with Gasteiger partial charge in [0.15, 0.2) is 17.5 Å². The smallest absolute Gasteiger partial charge is 0.191 e. The van der Waals surface area contributed by atoms with E-state index in [9.17, 15) is 0 Å². The number of nitrogens with zero attached hydrogens (tertiary/aromatic N) is 2. The zero-order valence-corrected chi connectivity index (χ0v) is 22.2. The summed E-state index contributed by atoms with van der Waals surface area (Å²) in [5.41, 5.74) is 3.18. The molecule has 0 aliphatic heterocycles. The number of pyridine rings is 1. The van der Waals surface area contributed by atoms with Crippen molar-refractivity contribution >= 4 is 29.9 Å². The molecule has 0 atom stereocenters. The lowest BCUT2D eigenvalue weighted by Crippen LogP contribution is -2.38. The van der Waals surface area contributed by atoms with E-state index in [-0.39, 0.29) is 24.0 Å². The molecule has 0 bridgehead atoms. The van der Waals surface area contributed by atoms with Crippen molar-refractivity contribution in [3.8, 4) is 17.2 Å². The van der Waals surface area contributed by atoms with Crippen LogP contribution in [0.5, 0.6) is 17.2 Å². The first-order valence-electron chi connectivity index (χ1n) is 11.1. The van der Waals surface area contributed by atoms with Gasteiger partial charge in [-0.15, -0.1) is 24.0 Å². The van der Waals surface area contributed by atoms with Crippen molar-refractivity contribution in [2.75, 3.05) is 27.3 Å². The molecule has 0 unspecified atom stereocenters. The maximum Gasteiger partial charge on any atom is 0.191 e. The number of rotatable bonds is 11. The third kappa shape index (κ3) is 8.74. The van der Waals surface area contributed by atoms with E-state index in [2.05, 4.69) is 22.5 Å². The van der Waals surface area contributed by atoms with Gasteiger partial charge >= 0.3 is 0 Å². The monoisotopic (exact) mass is 576 g/mol. The van der Waals surface area contributed by atoms with Crippen molar-refractivity contribution in [3.63, 3.8) is 0 Å². The van der Waals surface area contributed by atoms with Crippen LogP contribution in [0.1, 0.15) is 23.7 Å². The zero-order valence-electron chi connectivity index (χ0n) is 19.9. The highest BCUT2D eigenvalue weighted by atomic mass is 127. The molecule has 0 spiro atoms. The Balaban J connectivity index is 0.00000408. The Kier molecular flexibility index (Phi) is 12.0. The Labute approximate surface area is 219 Å². The lowest BCUT2D eigenvalue weighted by atomic mass is 10.1. The van der Waals surface area contributed by atoms with Gasteiger partial charge < -0.3 is 24.8 Å². The molecule has 3 rings (SSSR count). The Hall–Kier alpha value is -3.01. The Morgan fingerprint density at radius 3 is 2.35 bits per heavy atom. The summed E-state index contributed by atoms with van der Waals surface area (Å²) in [5.74, 6) is 3.07. The number of halogens is 1. The molecule has 3 aromatic rings. The molecule has 8 heteroatoms. The molecular formula is C26H33IN4O3. The topological polar surface area (TPSA) is 77.0 Å². The molecular weight excluding hydrogens is 543 g/mol. The fraction of sp³-hybridized carbons (Fsp3) is 0.308. The van der Waals surface area contributed by atoms with Crippen molar-refractivity contribution in [2.24, 2.45) is 4.99 Å². The largest absolute Gasteiger partial charge is 0.493 e. The van der Waals surface area contributed by atoms with Gasteiger partial charge in [-0.05, 0) is 60.9 Å². The summed E-state index contributed by atoms with van der Waals surface area (Å²) < 4.78 is 16.5. The molecule has 1 aromatic heterocycles. The number of aromatic nitrogens is 1. The number of methoxy groups -OCH3 is 2. The van der Waals surface area contributed by atoms with Crippen LogP contribution in [0.4, 0.5) is 0 Å². The van der Waals surface area contributed by atoms with Crippen LogP contribution in [-0.4, -0.2) is 38.3 Å². The van der Waals surface area contributed by atoms with Crippen LogP contribution in [0.2, 0.25) is 0 Å². The van der Waals surface area contributed by atoms with Crippen molar-refractivity contribution in [1.29, 1.82) is 0 Å². The van der Waals surface area contributed by atoms with Gasteiger partial charge in [0, 0.05) is 19.3 Å². The first-order chi connectivity index (χ1) is 16.2. The lowest BCUT2D eigenvalue weighted by Gasteiger charge is -2.13. The lowest BCUT2D eigenvalue weighted by molar-refractivity contribution is 0.301. The molecule has 0 aliphatic carbocycles. The van der Waals surface area contributed by atoms with Gasteiger partial charge in [-0.25, -0.2) is 4.99 Å². The third-order valence-corrected chi connectivity index (χ3v) is 4.95.